The number of carbonyl (C=O) groups excluding carboxylic acids is 1. The van der Waals surface area contributed by atoms with Crippen LogP contribution in [0.1, 0.15) is 51.8 Å². The van der Waals surface area contributed by atoms with Crippen molar-refractivity contribution in [2.24, 2.45) is 0 Å². The number of thiophene rings is 1. The van der Waals surface area contributed by atoms with Crippen molar-refractivity contribution in [1.82, 2.24) is 15.3 Å². The number of hydrogen-bond donors (Lipinski definition) is 2. The Labute approximate surface area is 152 Å². The first-order valence-electron chi connectivity index (χ1n) is 7.92. The minimum absolute atomic E-state index is 0.00621. The molecule has 8 heteroatoms. The summed E-state index contributed by atoms with van der Waals surface area (Å²) in [5.41, 5.74) is 0.0224. The third-order valence-electron chi connectivity index (χ3n) is 3.94. The Bertz CT molecular complexity index is 824. The molecule has 2 atom stereocenters. The van der Waals surface area contributed by atoms with E-state index in [0.29, 0.717) is 16.0 Å². The number of halogens is 1. The molecule has 24 heavy (non-hydrogen) atoms. The molecule has 0 bridgehead atoms. The van der Waals surface area contributed by atoms with Crippen LogP contribution < -0.4 is 10.9 Å². The zero-order valence-corrected chi connectivity index (χ0v) is 16.2. The lowest BCUT2D eigenvalue weighted by Crippen LogP contribution is -2.40. The molecular weight excluding hydrogens is 394 g/mol. The van der Waals surface area contributed by atoms with Crippen molar-refractivity contribution in [3.05, 3.63) is 26.0 Å². The molecule has 0 aromatic carbocycles. The summed E-state index contributed by atoms with van der Waals surface area (Å²) in [5, 5.41) is 2.93. The summed E-state index contributed by atoms with van der Waals surface area (Å²) in [6.07, 6.45) is 2.26. The first kappa shape index (κ1) is 17.4. The zero-order valence-electron chi connectivity index (χ0n) is 13.8. The summed E-state index contributed by atoms with van der Waals surface area (Å²) < 4.78 is 6.82. The average Bonchev–Trinajstić information content (AvgIpc) is 3.02. The van der Waals surface area contributed by atoms with E-state index in [1.807, 2.05) is 26.8 Å². The standard InChI is InChI=1S/C16H20BrN3O3S/c1-16(2,3)23-15(22)19-9-6-4-5-8(9)13-18-10-7-11(17)24-12(10)14(21)20-13/h7-9H,4-6H2,1-3H3,(H,19,22)(H,18,20,21). The van der Waals surface area contributed by atoms with E-state index >= 15 is 0 Å². The van der Waals surface area contributed by atoms with Gasteiger partial charge in [-0.2, -0.15) is 0 Å². The van der Waals surface area contributed by atoms with Gasteiger partial charge in [-0.3, -0.25) is 4.79 Å². The highest BCUT2D eigenvalue weighted by Gasteiger charge is 2.33. The Hall–Kier alpha value is -1.41. The molecule has 1 aliphatic carbocycles. The molecule has 2 N–H and O–H groups in total. The molecule has 3 rings (SSSR count). The number of amides is 1. The molecule has 1 aliphatic rings. The fraction of sp³-hybridized carbons (Fsp3) is 0.562. The highest BCUT2D eigenvalue weighted by molar-refractivity contribution is 9.11. The van der Waals surface area contributed by atoms with Crippen LogP contribution in [0.5, 0.6) is 0 Å². The predicted molar refractivity (Wildman–Crippen MR) is 97.7 cm³/mol. The molecule has 0 saturated heterocycles. The van der Waals surface area contributed by atoms with Crippen molar-refractivity contribution in [1.29, 1.82) is 0 Å². The summed E-state index contributed by atoms with van der Waals surface area (Å²) in [4.78, 5) is 31.8. The predicted octanol–water partition coefficient (Wildman–Crippen LogP) is 3.91. The van der Waals surface area contributed by atoms with E-state index in [-0.39, 0.29) is 17.5 Å². The van der Waals surface area contributed by atoms with Crippen molar-refractivity contribution in [2.75, 3.05) is 0 Å². The Morgan fingerprint density at radius 2 is 2.21 bits per heavy atom. The highest BCUT2D eigenvalue weighted by atomic mass is 79.9. The van der Waals surface area contributed by atoms with Crippen LogP contribution in [-0.2, 0) is 4.74 Å². The van der Waals surface area contributed by atoms with E-state index in [1.54, 1.807) is 0 Å². The molecule has 0 radical (unpaired) electrons. The van der Waals surface area contributed by atoms with Crippen LogP contribution in [-0.4, -0.2) is 27.7 Å². The van der Waals surface area contributed by atoms with E-state index in [4.69, 9.17) is 4.74 Å². The van der Waals surface area contributed by atoms with Gasteiger partial charge in [0.2, 0.25) is 0 Å². The van der Waals surface area contributed by atoms with Crippen LogP contribution in [0.3, 0.4) is 0 Å². The number of aromatic amines is 1. The fourth-order valence-corrected chi connectivity index (χ4v) is 4.44. The number of hydrogen-bond acceptors (Lipinski definition) is 5. The Kier molecular flexibility index (Phi) is 4.70. The van der Waals surface area contributed by atoms with Gasteiger partial charge in [0.25, 0.3) is 5.56 Å². The second kappa shape index (κ2) is 6.48. The molecule has 1 saturated carbocycles. The normalized spacial score (nSPS) is 21.2. The van der Waals surface area contributed by atoms with Gasteiger partial charge in [0, 0.05) is 12.0 Å². The van der Waals surface area contributed by atoms with Crippen LogP contribution in [0, 0.1) is 0 Å². The average molecular weight is 414 g/mol. The lowest BCUT2D eigenvalue weighted by atomic mass is 10.0. The number of rotatable bonds is 2. The van der Waals surface area contributed by atoms with Gasteiger partial charge in [-0.05, 0) is 55.6 Å². The number of alkyl carbamates (subject to hydrolysis) is 1. The third kappa shape index (κ3) is 3.80. The molecule has 0 spiro atoms. The maximum atomic E-state index is 12.3. The fourth-order valence-electron chi connectivity index (χ4n) is 3.02. The van der Waals surface area contributed by atoms with Gasteiger partial charge in [-0.15, -0.1) is 11.3 Å². The Balaban J connectivity index is 1.83. The van der Waals surface area contributed by atoms with Crippen LogP contribution in [0.4, 0.5) is 4.79 Å². The van der Waals surface area contributed by atoms with Gasteiger partial charge in [-0.1, -0.05) is 6.42 Å². The lowest BCUT2D eigenvalue weighted by molar-refractivity contribution is 0.0500. The van der Waals surface area contributed by atoms with Crippen LogP contribution >= 0.6 is 27.3 Å². The van der Waals surface area contributed by atoms with Gasteiger partial charge in [-0.25, -0.2) is 9.78 Å². The van der Waals surface area contributed by atoms with E-state index in [0.717, 1.165) is 23.0 Å². The molecule has 2 aromatic heterocycles. The van der Waals surface area contributed by atoms with E-state index in [2.05, 4.69) is 31.2 Å². The number of H-pyrrole nitrogens is 1. The molecule has 1 fully saturated rings. The molecule has 0 aliphatic heterocycles. The first-order chi connectivity index (χ1) is 11.2. The van der Waals surface area contributed by atoms with Gasteiger partial charge >= 0.3 is 6.09 Å². The monoisotopic (exact) mass is 413 g/mol. The molecule has 2 aromatic rings. The number of aromatic nitrogens is 2. The van der Waals surface area contributed by atoms with Crippen molar-refractivity contribution < 1.29 is 9.53 Å². The quantitative estimate of drug-likeness (QED) is 0.781. The summed E-state index contributed by atoms with van der Waals surface area (Å²) in [6.45, 7) is 5.50. The van der Waals surface area contributed by atoms with Crippen molar-refractivity contribution >= 4 is 43.6 Å². The van der Waals surface area contributed by atoms with Crippen LogP contribution in [0.25, 0.3) is 10.2 Å². The molecule has 1 amide bonds. The largest absolute Gasteiger partial charge is 0.444 e. The molecule has 2 unspecified atom stereocenters. The maximum absolute atomic E-state index is 12.3. The maximum Gasteiger partial charge on any atom is 0.407 e. The summed E-state index contributed by atoms with van der Waals surface area (Å²) in [5.74, 6) is 0.629. The second-order valence-corrected chi connectivity index (χ2v) is 9.44. The van der Waals surface area contributed by atoms with Gasteiger partial charge in [0.15, 0.2) is 0 Å². The molecule has 2 heterocycles. The van der Waals surface area contributed by atoms with E-state index in [1.165, 1.54) is 11.3 Å². The summed E-state index contributed by atoms with van der Waals surface area (Å²) in [6, 6.07) is 1.77. The van der Waals surface area contributed by atoms with E-state index < -0.39 is 11.7 Å². The minimum Gasteiger partial charge on any atom is -0.444 e. The van der Waals surface area contributed by atoms with Crippen molar-refractivity contribution in [2.45, 2.75) is 57.6 Å². The Morgan fingerprint density at radius 3 is 2.92 bits per heavy atom. The number of carbonyl (C=O) groups is 1. The van der Waals surface area contributed by atoms with Crippen LogP contribution in [0.15, 0.2) is 14.6 Å². The smallest absolute Gasteiger partial charge is 0.407 e. The van der Waals surface area contributed by atoms with Crippen molar-refractivity contribution in [3.63, 3.8) is 0 Å². The van der Waals surface area contributed by atoms with Gasteiger partial charge in [0.05, 0.1) is 9.30 Å². The molecule has 130 valence electrons. The second-order valence-electron chi connectivity index (χ2n) is 7.01. The minimum atomic E-state index is -0.535. The van der Waals surface area contributed by atoms with Crippen LogP contribution in [0.2, 0.25) is 0 Å². The first-order valence-corrected chi connectivity index (χ1v) is 9.52. The Morgan fingerprint density at radius 1 is 1.46 bits per heavy atom. The van der Waals surface area contributed by atoms with Crippen molar-refractivity contribution in [3.8, 4) is 0 Å². The summed E-state index contributed by atoms with van der Waals surface area (Å²) in [7, 11) is 0. The van der Waals surface area contributed by atoms with Gasteiger partial charge < -0.3 is 15.0 Å². The molecule has 6 nitrogen and oxygen atoms in total. The highest BCUT2D eigenvalue weighted by Crippen LogP contribution is 2.34. The molecular formula is C16H20BrN3O3S. The number of fused-ring (bicyclic) bond motifs is 1. The third-order valence-corrected chi connectivity index (χ3v) is 5.57. The SMILES string of the molecule is CC(C)(C)OC(=O)NC1CCCC1c1nc2cc(Br)sc2c(=O)[nH]1. The summed E-state index contributed by atoms with van der Waals surface area (Å²) >= 11 is 4.76. The number of nitrogens with one attached hydrogen (secondary N) is 2. The number of nitrogens with zero attached hydrogens (tertiary/aromatic N) is 1. The van der Waals surface area contributed by atoms with E-state index in [9.17, 15) is 9.59 Å². The zero-order chi connectivity index (χ0) is 17.5. The van der Waals surface area contributed by atoms with Gasteiger partial charge in [0.1, 0.15) is 16.1 Å². The lowest BCUT2D eigenvalue weighted by Gasteiger charge is -2.24. The topological polar surface area (TPSA) is 84.1 Å². The number of ether oxygens (including phenoxy) is 1.